The summed E-state index contributed by atoms with van der Waals surface area (Å²) in [4.78, 5) is 24.0. The van der Waals surface area contributed by atoms with Crippen LogP contribution < -0.4 is 0 Å². The molecule has 2 saturated carbocycles. The number of esters is 2. The van der Waals surface area contributed by atoms with Crippen LogP contribution in [0.5, 0.6) is 0 Å². The number of hydrogen-bond donors (Lipinski definition) is 2. The zero-order valence-electron chi connectivity index (χ0n) is 19.0. The summed E-state index contributed by atoms with van der Waals surface area (Å²) in [7, 11) is 0. The molecule has 2 N–H and O–H groups in total. The third-order valence-corrected chi connectivity index (χ3v) is 8.47. The van der Waals surface area contributed by atoms with Gasteiger partial charge in [0.1, 0.15) is 18.3 Å². The van der Waals surface area contributed by atoms with Crippen LogP contribution in [0.2, 0.25) is 0 Å². The fourth-order valence-electron chi connectivity index (χ4n) is 6.84. The third-order valence-electron chi connectivity index (χ3n) is 8.47. The molecule has 0 bridgehead atoms. The third kappa shape index (κ3) is 3.56. The van der Waals surface area contributed by atoms with Gasteiger partial charge in [-0.3, -0.25) is 9.59 Å². The van der Waals surface area contributed by atoms with E-state index in [4.69, 9.17) is 18.6 Å². The molecule has 1 aromatic heterocycles. The largest absolute Gasteiger partial charge is 0.472 e. The number of carbonyl (C=O) groups excluding carboxylic acids is 2. The minimum absolute atomic E-state index is 0.0530. The number of epoxide rings is 1. The summed E-state index contributed by atoms with van der Waals surface area (Å²) < 4.78 is 22.7. The van der Waals surface area contributed by atoms with Crippen LogP contribution in [-0.2, 0) is 23.8 Å². The Bertz CT molecular complexity index is 831. The highest BCUT2D eigenvalue weighted by Crippen LogP contribution is 2.69. The van der Waals surface area contributed by atoms with Crippen LogP contribution in [0, 0.1) is 22.7 Å². The number of aliphatic hydroxyl groups excluding tert-OH is 2. The maximum atomic E-state index is 12.1. The van der Waals surface area contributed by atoms with Crippen LogP contribution >= 0.6 is 0 Å². The Balaban J connectivity index is 1.80. The Morgan fingerprint density at radius 1 is 1.31 bits per heavy atom. The summed E-state index contributed by atoms with van der Waals surface area (Å²) >= 11 is 0. The molecule has 1 saturated heterocycles. The van der Waals surface area contributed by atoms with Crippen molar-refractivity contribution in [2.45, 2.75) is 70.7 Å². The van der Waals surface area contributed by atoms with Crippen LogP contribution in [0.25, 0.3) is 0 Å². The maximum absolute atomic E-state index is 12.1. The lowest BCUT2D eigenvalue weighted by Gasteiger charge is -2.63. The van der Waals surface area contributed by atoms with Gasteiger partial charge in [-0.15, -0.1) is 0 Å². The molecule has 7 atom stereocenters. The standard InChI is InChI=1S/C24H34O8/c1-15-9-21(32-17(3)27)24(14-30-16(2)26)20(5-4-7-23(24)13-31-23)22(15,12-25)10-19(28)18-6-8-29-11-18/h6,8,11,15,19-21,25,28H,4-5,7,9-10,12-14H2,1-3H3/t15-,19?,20-,21+,22-,23+,24+/m1/s1. The minimum Gasteiger partial charge on any atom is -0.472 e. The lowest BCUT2D eigenvalue weighted by molar-refractivity contribution is -0.242. The van der Waals surface area contributed by atoms with Crippen LogP contribution in [0.1, 0.15) is 64.5 Å². The average Bonchev–Trinajstić information content (AvgIpc) is 3.29. The molecule has 178 valence electrons. The predicted octanol–water partition coefficient (Wildman–Crippen LogP) is 2.77. The topological polar surface area (TPSA) is 119 Å². The summed E-state index contributed by atoms with van der Waals surface area (Å²) in [5.41, 5.74) is -1.36. The number of hydrogen-bond acceptors (Lipinski definition) is 8. The molecule has 0 aromatic carbocycles. The second-order valence-corrected chi connectivity index (χ2v) is 9.95. The second kappa shape index (κ2) is 8.47. The number of aliphatic hydroxyl groups is 2. The molecule has 32 heavy (non-hydrogen) atoms. The van der Waals surface area contributed by atoms with Gasteiger partial charge in [0.15, 0.2) is 0 Å². The minimum atomic E-state index is -0.821. The summed E-state index contributed by atoms with van der Waals surface area (Å²) in [5, 5.41) is 21.9. The molecule has 3 aliphatic rings. The number of carbonyl (C=O) groups is 2. The van der Waals surface area contributed by atoms with Gasteiger partial charge in [0, 0.05) is 31.4 Å². The average molecular weight is 451 g/mol. The smallest absolute Gasteiger partial charge is 0.302 e. The van der Waals surface area contributed by atoms with Crippen LogP contribution in [0.3, 0.4) is 0 Å². The van der Waals surface area contributed by atoms with Gasteiger partial charge in [-0.1, -0.05) is 13.3 Å². The van der Waals surface area contributed by atoms with Crippen LogP contribution in [0.4, 0.5) is 0 Å². The molecule has 1 spiro atoms. The highest BCUT2D eigenvalue weighted by molar-refractivity contribution is 5.67. The van der Waals surface area contributed by atoms with Gasteiger partial charge in [0.2, 0.25) is 0 Å². The molecule has 2 aliphatic carbocycles. The Hall–Kier alpha value is -1.90. The van der Waals surface area contributed by atoms with Crippen molar-refractivity contribution in [3.63, 3.8) is 0 Å². The quantitative estimate of drug-likeness (QED) is 0.481. The molecule has 1 aromatic rings. The Labute approximate surface area is 188 Å². The molecule has 0 radical (unpaired) electrons. The predicted molar refractivity (Wildman–Crippen MR) is 112 cm³/mol. The van der Waals surface area contributed by atoms with Crippen molar-refractivity contribution in [3.05, 3.63) is 24.2 Å². The summed E-state index contributed by atoms with van der Waals surface area (Å²) in [6, 6.07) is 1.73. The molecule has 0 amide bonds. The van der Waals surface area contributed by atoms with E-state index in [2.05, 4.69) is 0 Å². The first-order chi connectivity index (χ1) is 15.2. The first kappa shape index (κ1) is 23.3. The van der Waals surface area contributed by atoms with Crippen molar-refractivity contribution < 1.29 is 38.4 Å². The van der Waals surface area contributed by atoms with Gasteiger partial charge in [-0.2, -0.15) is 0 Å². The lowest BCUT2D eigenvalue weighted by atomic mass is 9.42. The molecule has 8 heteroatoms. The van der Waals surface area contributed by atoms with Crippen molar-refractivity contribution in [3.8, 4) is 0 Å². The van der Waals surface area contributed by atoms with Gasteiger partial charge in [0.25, 0.3) is 0 Å². The molecule has 1 unspecified atom stereocenters. The normalized spacial score (nSPS) is 39.2. The molecule has 1 aliphatic heterocycles. The Morgan fingerprint density at radius 2 is 2.06 bits per heavy atom. The lowest BCUT2D eigenvalue weighted by Crippen LogP contribution is -2.68. The van der Waals surface area contributed by atoms with Crippen molar-refractivity contribution in [1.82, 2.24) is 0 Å². The van der Waals surface area contributed by atoms with Crippen molar-refractivity contribution in [2.75, 3.05) is 19.8 Å². The van der Waals surface area contributed by atoms with E-state index in [1.807, 2.05) is 6.92 Å². The van der Waals surface area contributed by atoms with E-state index in [0.29, 0.717) is 25.0 Å². The fourth-order valence-corrected chi connectivity index (χ4v) is 6.84. The van der Waals surface area contributed by atoms with Gasteiger partial charge in [-0.25, -0.2) is 0 Å². The highest BCUT2D eigenvalue weighted by atomic mass is 16.6. The first-order valence-electron chi connectivity index (χ1n) is 11.5. The molecule has 2 heterocycles. The number of fused-ring (bicyclic) bond motifs is 2. The number of ether oxygens (including phenoxy) is 3. The molecule has 8 nitrogen and oxygen atoms in total. The summed E-state index contributed by atoms with van der Waals surface area (Å²) in [6.07, 6.45) is 4.94. The Morgan fingerprint density at radius 3 is 2.62 bits per heavy atom. The zero-order valence-corrected chi connectivity index (χ0v) is 19.0. The van der Waals surface area contributed by atoms with Gasteiger partial charge < -0.3 is 28.8 Å². The van der Waals surface area contributed by atoms with Gasteiger partial charge in [-0.05, 0) is 43.6 Å². The maximum Gasteiger partial charge on any atom is 0.302 e. The van der Waals surface area contributed by atoms with E-state index < -0.39 is 34.6 Å². The van der Waals surface area contributed by atoms with Gasteiger partial charge in [0.05, 0.1) is 30.7 Å². The van der Waals surface area contributed by atoms with Crippen LogP contribution in [0.15, 0.2) is 23.0 Å². The number of furan rings is 1. The van der Waals surface area contributed by atoms with E-state index in [1.54, 1.807) is 6.07 Å². The zero-order chi connectivity index (χ0) is 23.1. The second-order valence-electron chi connectivity index (χ2n) is 9.95. The summed E-state index contributed by atoms with van der Waals surface area (Å²) in [5.74, 6) is -1.03. The fraction of sp³-hybridized carbons (Fsp3) is 0.750. The summed E-state index contributed by atoms with van der Waals surface area (Å²) in [6.45, 7) is 5.21. The van der Waals surface area contributed by atoms with Gasteiger partial charge >= 0.3 is 11.9 Å². The monoisotopic (exact) mass is 450 g/mol. The van der Waals surface area contributed by atoms with E-state index in [-0.39, 0.29) is 31.0 Å². The first-order valence-corrected chi connectivity index (χ1v) is 11.5. The molecular weight excluding hydrogens is 416 g/mol. The number of rotatable bonds is 7. The van der Waals surface area contributed by atoms with Crippen molar-refractivity contribution in [1.29, 1.82) is 0 Å². The molecule has 3 fully saturated rings. The molecule has 4 rings (SSSR count). The van der Waals surface area contributed by atoms with E-state index in [9.17, 15) is 19.8 Å². The van der Waals surface area contributed by atoms with E-state index >= 15 is 0 Å². The van der Waals surface area contributed by atoms with Crippen LogP contribution in [-0.4, -0.2) is 53.7 Å². The molecular formula is C24H34O8. The Kier molecular flexibility index (Phi) is 6.15. The highest BCUT2D eigenvalue weighted by Gasteiger charge is 2.75. The van der Waals surface area contributed by atoms with E-state index in [1.165, 1.54) is 26.4 Å². The SMILES string of the molecule is CC(=O)OC[C@@]12[C@@H](OC(C)=O)C[C@@H](C)[C@](CO)(CC(O)c3ccoc3)[C@H]1CCC[C@]21CO1. The van der Waals surface area contributed by atoms with E-state index in [0.717, 1.165) is 19.3 Å². The van der Waals surface area contributed by atoms with Crippen molar-refractivity contribution >= 4 is 11.9 Å². The van der Waals surface area contributed by atoms with Crippen molar-refractivity contribution in [2.24, 2.45) is 22.7 Å².